The molecular weight excluding hydrogens is 226 g/mol. The minimum Gasteiger partial charge on any atom is -0.326 e. The van der Waals surface area contributed by atoms with Crippen molar-refractivity contribution in [1.29, 1.82) is 0 Å². The Morgan fingerprint density at radius 2 is 1.94 bits per heavy atom. The van der Waals surface area contributed by atoms with Crippen molar-refractivity contribution in [3.8, 4) is 0 Å². The van der Waals surface area contributed by atoms with Crippen molar-refractivity contribution in [3.05, 3.63) is 30.3 Å². The zero-order valence-electron chi connectivity index (χ0n) is 9.30. The van der Waals surface area contributed by atoms with Gasteiger partial charge in [0, 0.05) is 6.04 Å². The summed E-state index contributed by atoms with van der Waals surface area (Å²) < 4.78 is 28.2. The first-order valence-electron chi connectivity index (χ1n) is 5.26. The molecule has 0 aromatic heterocycles. The van der Waals surface area contributed by atoms with Crippen LogP contribution < -0.4 is 5.73 Å². The Morgan fingerprint density at radius 1 is 1.31 bits per heavy atom. The van der Waals surface area contributed by atoms with E-state index in [0.717, 1.165) is 12.8 Å². The summed E-state index contributed by atoms with van der Waals surface area (Å²) >= 11 is 0. The third-order valence-corrected chi connectivity index (χ3v) is 3.42. The van der Waals surface area contributed by atoms with Crippen molar-refractivity contribution in [3.63, 3.8) is 0 Å². The highest BCUT2D eigenvalue weighted by atomic mass is 32.2. The molecule has 1 aromatic carbocycles. The van der Waals surface area contributed by atoms with Crippen molar-refractivity contribution < 1.29 is 12.6 Å². The second-order valence-corrected chi connectivity index (χ2v) is 5.22. The molecule has 5 heteroatoms. The van der Waals surface area contributed by atoms with Crippen molar-refractivity contribution in [2.75, 3.05) is 6.61 Å². The minimum absolute atomic E-state index is 0.0328. The molecule has 0 fully saturated rings. The monoisotopic (exact) mass is 243 g/mol. The van der Waals surface area contributed by atoms with Gasteiger partial charge in [0.15, 0.2) is 0 Å². The van der Waals surface area contributed by atoms with Crippen LogP contribution in [0.25, 0.3) is 0 Å². The molecule has 0 heterocycles. The third kappa shape index (κ3) is 3.92. The van der Waals surface area contributed by atoms with Crippen LogP contribution in [0.4, 0.5) is 0 Å². The summed E-state index contributed by atoms with van der Waals surface area (Å²) in [5, 5.41) is 0. The molecule has 0 bridgehead atoms. The van der Waals surface area contributed by atoms with Gasteiger partial charge < -0.3 is 5.73 Å². The maximum absolute atomic E-state index is 11.7. The molecule has 0 spiro atoms. The van der Waals surface area contributed by atoms with Gasteiger partial charge in [0.2, 0.25) is 0 Å². The summed E-state index contributed by atoms with van der Waals surface area (Å²) in [6.45, 7) is 2.02. The van der Waals surface area contributed by atoms with Crippen LogP contribution in [0.1, 0.15) is 19.8 Å². The Kier molecular flexibility index (Phi) is 4.92. The molecule has 1 unspecified atom stereocenters. The molecule has 4 nitrogen and oxygen atoms in total. The Morgan fingerprint density at radius 3 is 2.50 bits per heavy atom. The van der Waals surface area contributed by atoms with E-state index in [1.165, 1.54) is 12.1 Å². The van der Waals surface area contributed by atoms with Crippen LogP contribution in [-0.4, -0.2) is 21.1 Å². The first kappa shape index (κ1) is 13.2. The van der Waals surface area contributed by atoms with Gasteiger partial charge >= 0.3 is 0 Å². The lowest BCUT2D eigenvalue weighted by atomic mass is 10.2. The van der Waals surface area contributed by atoms with Gasteiger partial charge in [-0.1, -0.05) is 31.5 Å². The zero-order chi connectivity index (χ0) is 12.0. The van der Waals surface area contributed by atoms with Crippen molar-refractivity contribution in [2.45, 2.75) is 30.7 Å². The normalized spacial score (nSPS) is 13.6. The average Bonchev–Trinajstić information content (AvgIpc) is 2.28. The van der Waals surface area contributed by atoms with E-state index < -0.39 is 10.1 Å². The highest BCUT2D eigenvalue weighted by Gasteiger charge is 2.15. The molecule has 1 rings (SSSR count). The van der Waals surface area contributed by atoms with Gasteiger partial charge in [-0.25, -0.2) is 0 Å². The maximum Gasteiger partial charge on any atom is 0.297 e. The van der Waals surface area contributed by atoms with Crippen LogP contribution in [0, 0.1) is 0 Å². The first-order valence-corrected chi connectivity index (χ1v) is 6.67. The SMILES string of the molecule is CCCC(N)COS(=O)(=O)c1ccccc1. The summed E-state index contributed by atoms with van der Waals surface area (Å²) in [6.07, 6.45) is 1.67. The van der Waals surface area contributed by atoms with Gasteiger partial charge in [0.05, 0.1) is 11.5 Å². The summed E-state index contributed by atoms with van der Waals surface area (Å²) in [4.78, 5) is 0.165. The van der Waals surface area contributed by atoms with E-state index in [1.807, 2.05) is 6.92 Å². The highest BCUT2D eigenvalue weighted by Crippen LogP contribution is 2.11. The Balaban J connectivity index is 2.60. The van der Waals surface area contributed by atoms with Crippen molar-refractivity contribution >= 4 is 10.1 Å². The highest BCUT2D eigenvalue weighted by molar-refractivity contribution is 7.86. The van der Waals surface area contributed by atoms with Gasteiger partial charge in [-0.15, -0.1) is 0 Å². The van der Waals surface area contributed by atoms with Gasteiger partial charge in [-0.2, -0.15) is 8.42 Å². The van der Waals surface area contributed by atoms with Gasteiger partial charge in [0.1, 0.15) is 0 Å². The van der Waals surface area contributed by atoms with Crippen LogP contribution in [0.2, 0.25) is 0 Å². The number of rotatable bonds is 6. The van der Waals surface area contributed by atoms with Crippen LogP contribution in [0.15, 0.2) is 35.2 Å². The average molecular weight is 243 g/mol. The molecule has 0 aliphatic heterocycles. The number of nitrogens with two attached hydrogens (primary N) is 1. The minimum atomic E-state index is -3.65. The second kappa shape index (κ2) is 5.98. The molecule has 1 atom stereocenters. The predicted molar refractivity (Wildman–Crippen MR) is 62.5 cm³/mol. The Bertz CT molecular complexity index is 402. The van der Waals surface area contributed by atoms with E-state index in [1.54, 1.807) is 18.2 Å². The standard InChI is InChI=1S/C11H17NO3S/c1-2-6-10(12)9-15-16(13,14)11-7-4-3-5-8-11/h3-5,7-8,10H,2,6,9,12H2,1H3. The van der Waals surface area contributed by atoms with Crippen LogP contribution in [0.3, 0.4) is 0 Å². The van der Waals surface area contributed by atoms with E-state index in [0.29, 0.717) is 0 Å². The largest absolute Gasteiger partial charge is 0.326 e. The number of hydrogen-bond acceptors (Lipinski definition) is 4. The third-order valence-electron chi connectivity index (χ3n) is 2.13. The molecule has 2 N–H and O–H groups in total. The fourth-order valence-corrected chi connectivity index (χ4v) is 2.27. The van der Waals surface area contributed by atoms with Gasteiger partial charge in [-0.05, 0) is 18.6 Å². The quantitative estimate of drug-likeness (QED) is 0.769. The molecule has 0 amide bonds. The summed E-state index contributed by atoms with van der Waals surface area (Å²) in [5.74, 6) is 0. The van der Waals surface area contributed by atoms with E-state index in [4.69, 9.17) is 9.92 Å². The van der Waals surface area contributed by atoms with E-state index in [-0.39, 0.29) is 17.5 Å². The van der Waals surface area contributed by atoms with Gasteiger partial charge in [-0.3, -0.25) is 4.18 Å². The van der Waals surface area contributed by atoms with E-state index in [9.17, 15) is 8.42 Å². The predicted octanol–water partition coefficient (Wildman–Crippen LogP) is 1.52. The van der Waals surface area contributed by atoms with E-state index >= 15 is 0 Å². The summed E-state index contributed by atoms with van der Waals surface area (Å²) in [6, 6.07) is 7.83. The molecule has 1 aromatic rings. The zero-order valence-corrected chi connectivity index (χ0v) is 10.1. The number of benzene rings is 1. The molecule has 90 valence electrons. The second-order valence-electron chi connectivity index (χ2n) is 3.60. The van der Waals surface area contributed by atoms with Crippen molar-refractivity contribution in [2.24, 2.45) is 5.73 Å². The lowest BCUT2D eigenvalue weighted by molar-refractivity contribution is 0.285. The topological polar surface area (TPSA) is 69.4 Å². The smallest absolute Gasteiger partial charge is 0.297 e. The Labute approximate surface area is 96.5 Å². The molecule has 0 aliphatic rings. The molecule has 0 aliphatic carbocycles. The fraction of sp³-hybridized carbons (Fsp3) is 0.455. The summed E-state index contributed by atoms with van der Waals surface area (Å²) in [7, 11) is -3.65. The van der Waals surface area contributed by atoms with E-state index in [2.05, 4.69) is 0 Å². The molecular formula is C11H17NO3S. The molecule has 0 saturated carbocycles. The van der Waals surface area contributed by atoms with Crippen LogP contribution in [-0.2, 0) is 14.3 Å². The fourth-order valence-electron chi connectivity index (χ4n) is 1.29. The first-order chi connectivity index (χ1) is 7.56. The van der Waals surface area contributed by atoms with Crippen LogP contribution >= 0.6 is 0 Å². The van der Waals surface area contributed by atoms with Gasteiger partial charge in [0.25, 0.3) is 10.1 Å². The summed E-state index contributed by atoms with van der Waals surface area (Å²) in [5.41, 5.74) is 5.68. The lowest BCUT2D eigenvalue weighted by Crippen LogP contribution is -2.27. The lowest BCUT2D eigenvalue weighted by Gasteiger charge is -2.10. The molecule has 0 saturated heterocycles. The molecule has 0 radical (unpaired) electrons. The maximum atomic E-state index is 11.7. The molecule has 16 heavy (non-hydrogen) atoms. The van der Waals surface area contributed by atoms with Crippen LogP contribution in [0.5, 0.6) is 0 Å². The van der Waals surface area contributed by atoms with Crippen molar-refractivity contribution in [1.82, 2.24) is 0 Å². The Hall–Kier alpha value is -0.910. The number of hydrogen-bond donors (Lipinski definition) is 1.